The van der Waals surface area contributed by atoms with Crippen molar-refractivity contribution in [2.45, 2.75) is 37.9 Å². The Kier molecular flexibility index (Phi) is 2.16. The number of nitriles is 1. The molecule has 0 aromatic carbocycles. The van der Waals surface area contributed by atoms with Crippen molar-refractivity contribution in [3.63, 3.8) is 0 Å². The molecule has 2 fully saturated rings. The summed E-state index contributed by atoms with van der Waals surface area (Å²) in [6.45, 7) is 0. The quantitative estimate of drug-likeness (QED) is 0.503. The van der Waals surface area contributed by atoms with E-state index in [1.165, 1.54) is 12.8 Å². The lowest BCUT2D eigenvalue weighted by Crippen LogP contribution is -2.25. The molecule has 1 saturated heterocycles. The van der Waals surface area contributed by atoms with Gasteiger partial charge in [0.15, 0.2) is 0 Å². The number of nitrogens with zero attached hydrogens (tertiary/aromatic N) is 1. The molecule has 1 aliphatic heterocycles. The van der Waals surface area contributed by atoms with Gasteiger partial charge in [-0.1, -0.05) is 12.8 Å². The van der Waals surface area contributed by atoms with Gasteiger partial charge in [-0.15, -0.1) is 0 Å². The van der Waals surface area contributed by atoms with E-state index in [-0.39, 0.29) is 12.2 Å². The van der Waals surface area contributed by atoms with E-state index in [1.807, 2.05) is 0 Å². The lowest BCUT2D eigenvalue weighted by Gasteiger charge is -2.24. The zero-order valence-corrected chi connectivity index (χ0v) is 7.48. The zero-order valence-electron chi connectivity index (χ0n) is 6.32. The van der Waals surface area contributed by atoms with Gasteiger partial charge in [-0.3, -0.25) is 0 Å². The van der Waals surface area contributed by atoms with Crippen molar-refractivity contribution in [2.75, 3.05) is 0 Å². The predicted octanol–water partition coefficient (Wildman–Crippen LogP) is 0.895. The Labute approximate surface area is 71.0 Å². The summed E-state index contributed by atoms with van der Waals surface area (Å²) in [5.74, 6) is 0. The van der Waals surface area contributed by atoms with E-state index in [2.05, 4.69) is 4.93 Å². The summed E-state index contributed by atoms with van der Waals surface area (Å²) in [5, 5.41) is 8.57. The van der Waals surface area contributed by atoms with E-state index in [1.54, 1.807) is 0 Å². The fourth-order valence-electron chi connectivity index (χ4n) is 1.78. The van der Waals surface area contributed by atoms with Gasteiger partial charge in [-0.2, -0.15) is 0 Å². The Bertz CT molecular complexity index is 177. The third kappa shape index (κ3) is 1.43. The molecule has 1 heterocycles. The first-order valence-electron chi connectivity index (χ1n) is 4.10. The van der Waals surface area contributed by atoms with Crippen LogP contribution in [0.4, 0.5) is 0 Å². The number of hydrogen-bond donors (Lipinski definition) is 0. The average molecular weight is 167 g/mol. The lowest BCUT2D eigenvalue weighted by atomic mass is 9.95. The van der Waals surface area contributed by atoms with Crippen LogP contribution in [0.5, 0.6) is 0 Å². The highest BCUT2D eigenvalue weighted by Gasteiger charge is 2.44. The summed E-state index contributed by atoms with van der Waals surface area (Å²) in [6, 6.07) is 0. The van der Waals surface area contributed by atoms with Crippen molar-refractivity contribution in [3.05, 3.63) is 0 Å². The second-order valence-electron chi connectivity index (χ2n) is 3.09. The van der Waals surface area contributed by atoms with Gasteiger partial charge >= 0.3 is 14.8 Å². The molecule has 2 aliphatic rings. The van der Waals surface area contributed by atoms with Gasteiger partial charge in [0.05, 0.1) is 12.2 Å². The van der Waals surface area contributed by atoms with E-state index in [9.17, 15) is 0 Å². The van der Waals surface area contributed by atoms with E-state index in [0.717, 1.165) is 12.8 Å². The van der Waals surface area contributed by atoms with Gasteiger partial charge in [-0.25, -0.2) is 5.26 Å². The highest BCUT2D eigenvalue weighted by molar-refractivity contribution is 6.54. The maximum atomic E-state index is 8.57. The molecule has 1 aliphatic carbocycles. The van der Waals surface area contributed by atoms with Crippen molar-refractivity contribution in [1.82, 2.24) is 0 Å². The van der Waals surface area contributed by atoms with Crippen molar-refractivity contribution < 1.29 is 7.58 Å². The van der Waals surface area contributed by atoms with E-state index < -0.39 is 14.8 Å². The van der Waals surface area contributed by atoms with Crippen LogP contribution < -0.4 is 0 Å². The van der Waals surface area contributed by atoms with Gasteiger partial charge in [0, 0.05) is 4.93 Å². The molecule has 58 valence electrons. The first-order valence-corrected chi connectivity index (χ1v) is 5.63. The predicted molar refractivity (Wildman–Crippen MR) is 39.6 cm³/mol. The molecule has 0 N–H and O–H groups in total. The Morgan fingerprint density at radius 1 is 1.18 bits per heavy atom. The molecule has 4 heteroatoms. The third-order valence-electron chi connectivity index (χ3n) is 2.34. The fourth-order valence-corrected chi connectivity index (χ4v) is 3.23. The van der Waals surface area contributed by atoms with Crippen molar-refractivity contribution in [3.8, 4) is 4.93 Å². The van der Waals surface area contributed by atoms with Gasteiger partial charge < -0.3 is 7.58 Å². The molecular weight excluding hydrogens is 157 g/mol. The molecule has 0 aromatic rings. The second-order valence-corrected chi connectivity index (χ2v) is 4.56. The van der Waals surface area contributed by atoms with Crippen molar-refractivity contribution in [1.29, 1.82) is 5.26 Å². The first kappa shape index (κ1) is 7.58. The fraction of sp³-hybridized carbons (Fsp3) is 0.857. The second kappa shape index (κ2) is 3.13. The zero-order chi connectivity index (χ0) is 7.68. The summed E-state index contributed by atoms with van der Waals surface area (Å²) < 4.78 is 10.9. The summed E-state index contributed by atoms with van der Waals surface area (Å²) in [4.78, 5) is 2.11. The van der Waals surface area contributed by atoms with Crippen LogP contribution in [0.3, 0.4) is 0 Å². The topological polar surface area (TPSA) is 42.2 Å². The monoisotopic (exact) mass is 167 g/mol. The van der Waals surface area contributed by atoms with E-state index in [0.29, 0.717) is 0 Å². The molecule has 0 unspecified atom stereocenters. The van der Waals surface area contributed by atoms with Gasteiger partial charge in [0.25, 0.3) is 0 Å². The van der Waals surface area contributed by atoms with Gasteiger partial charge in [-0.05, 0) is 12.8 Å². The van der Waals surface area contributed by atoms with Crippen LogP contribution in [0.1, 0.15) is 25.7 Å². The van der Waals surface area contributed by atoms with Crippen LogP contribution in [0.15, 0.2) is 0 Å². The molecule has 0 bridgehead atoms. The SMILES string of the molecule is N#[C][Al]1[O][C@H]2CCCC[C@H]2[O]1. The highest BCUT2D eigenvalue weighted by Crippen LogP contribution is 2.29. The number of hydrogen-bond acceptors (Lipinski definition) is 3. The molecule has 0 amide bonds. The Balaban J connectivity index is 1.99. The Morgan fingerprint density at radius 3 is 2.18 bits per heavy atom. The molecule has 2 rings (SSSR count). The summed E-state index contributed by atoms with van der Waals surface area (Å²) >= 11 is -1.87. The Hall–Kier alpha value is -0.0575. The average Bonchev–Trinajstić information content (AvgIpc) is 2.46. The van der Waals surface area contributed by atoms with Gasteiger partial charge in [0.1, 0.15) is 0 Å². The van der Waals surface area contributed by atoms with Crippen LogP contribution in [0.2, 0.25) is 0 Å². The minimum atomic E-state index is -1.87. The minimum Gasteiger partial charge on any atom is -0.463 e. The molecule has 2 atom stereocenters. The first-order chi connectivity index (χ1) is 5.40. The minimum absolute atomic E-state index is 0.264. The molecule has 3 nitrogen and oxygen atoms in total. The molecule has 11 heavy (non-hydrogen) atoms. The van der Waals surface area contributed by atoms with Crippen molar-refractivity contribution in [2.24, 2.45) is 0 Å². The molecule has 0 spiro atoms. The van der Waals surface area contributed by atoms with E-state index in [4.69, 9.17) is 12.8 Å². The van der Waals surface area contributed by atoms with Crippen LogP contribution in [0.25, 0.3) is 0 Å². The smallest absolute Gasteiger partial charge is 0.463 e. The number of fused-ring (bicyclic) bond motifs is 1. The van der Waals surface area contributed by atoms with Gasteiger partial charge in [0.2, 0.25) is 0 Å². The summed E-state index contributed by atoms with van der Waals surface area (Å²) in [7, 11) is 0. The van der Waals surface area contributed by atoms with Crippen LogP contribution >= 0.6 is 0 Å². The molecular formula is C7H10AlNO2. The maximum Gasteiger partial charge on any atom is 0.817 e. The molecule has 0 aromatic heterocycles. The maximum absolute atomic E-state index is 8.57. The van der Waals surface area contributed by atoms with E-state index >= 15 is 0 Å². The summed E-state index contributed by atoms with van der Waals surface area (Å²) in [6.07, 6.45) is 5.18. The van der Waals surface area contributed by atoms with Crippen molar-refractivity contribution >= 4 is 14.8 Å². The normalized spacial score (nSPS) is 36.5. The standard InChI is InChI=1S/C6H10O2.CN.Al/c7-5-3-1-2-4-6(5)8;1-2;/h5-6H,1-4H2;;/q-2;;+2/t5-,6+;;. The lowest BCUT2D eigenvalue weighted by molar-refractivity contribution is 0.110. The largest absolute Gasteiger partial charge is 0.817 e. The Morgan fingerprint density at radius 2 is 1.73 bits per heavy atom. The molecule has 0 radical (unpaired) electrons. The summed E-state index contributed by atoms with van der Waals surface area (Å²) in [5.41, 5.74) is 0. The van der Waals surface area contributed by atoms with Crippen LogP contribution in [-0.4, -0.2) is 27.0 Å². The highest BCUT2D eigenvalue weighted by atomic mass is 27.2. The van der Waals surface area contributed by atoms with Crippen LogP contribution in [-0.2, 0) is 7.58 Å². The molecule has 1 saturated carbocycles. The third-order valence-corrected chi connectivity index (χ3v) is 3.75. The van der Waals surface area contributed by atoms with Crippen LogP contribution in [0, 0.1) is 10.2 Å². The number of rotatable bonds is 0.